The summed E-state index contributed by atoms with van der Waals surface area (Å²) < 4.78 is 0.600. The van der Waals surface area contributed by atoms with Crippen molar-refractivity contribution in [3.8, 4) is 0 Å². The maximum atomic E-state index is 3.56. The zero-order valence-electron chi connectivity index (χ0n) is 8.10. The minimum atomic E-state index is 0.600. The molecule has 0 bridgehead atoms. The zero-order chi connectivity index (χ0) is 8.60. The lowest BCUT2D eigenvalue weighted by Crippen LogP contribution is -2.36. The van der Waals surface area contributed by atoms with Crippen molar-refractivity contribution in [1.82, 2.24) is 5.32 Å². The van der Waals surface area contributed by atoms with Crippen LogP contribution in [-0.2, 0) is 0 Å². The van der Waals surface area contributed by atoms with E-state index < -0.39 is 0 Å². The van der Waals surface area contributed by atoms with Gasteiger partial charge in [0.05, 0.1) is 0 Å². The molecule has 12 heavy (non-hydrogen) atoms. The van der Waals surface area contributed by atoms with E-state index in [1.165, 1.54) is 31.6 Å². The lowest BCUT2D eigenvalue weighted by Gasteiger charge is -2.32. The van der Waals surface area contributed by atoms with E-state index in [1.54, 1.807) is 0 Å². The lowest BCUT2D eigenvalue weighted by atomic mass is 9.85. The molecule has 2 aliphatic rings. The van der Waals surface area contributed by atoms with Crippen LogP contribution in [0.25, 0.3) is 0 Å². The third-order valence-corrected chi connectivity index (χ3v) is 5.22. The Morgan fingerprint density at radius 3 is 2.83 bits per heavy atom. The maximum Gasteiger partial charge on any atom is 0.0175 e. The molecule has 2 heteroatoms. The predicted molar refractivity (Wildman–Crippen MR) is 55.7 cm³/mol. The average molecular weight is 185 g/mol. The average Bonchev–Trinajstić information content (AvgIpc) is 2.59. The SMILES string of the molecule is CC1NCCC1C1(C)CCCS1. The van der Waals surface area contributed by atoms with E-state index in [0.717, 1.165) is 12.0 Å². The van der Waals surface area contributed by atoms with E-state index in [-0.39, 0.29) is 0 Å². The fourth-order valence-corrected chi connectivity index (χ4v) is 4.37. The predicted octanol–water partition coefficient (Wildman–Crippen LogP) is 2.27. The van der Waals surface area contributed by atoms with Crippen LogP contribution in [0, 0.1) is 5.92 Å². The summed E-state index contributed by atoms with van der Waals surface area (Å²) in [7, 11) is 0. The summed E-state index contributed by atoms with van der Waals surface area (Å²) in [4.78, 5) is 0. The summed E-state index contributed by atoms with van der Waals surface area (Å²) in [5, 5.41) is 3.56. The minimum absolute atomic E-state index is 0.600. The second-order valence-electron chi connectivity index (χ2n) is 4.40. The van der Waals surface area contributed by atoms with Crippen molar-refractivity contribution in [2.45, 2.75) is 43.9 Å². The molecule has 0 spiro atoms. The van der Waals surface area contributed by atoms with E-state index in [9.17, 15) is 0 Å². The van der Waals surface area contributed by atoms with Gasteiger partial charge in [0.1, 0.15) is 0 Å². The first kappa shape index (κ1) is 8.89. The van der Waals surface area contributed by atoms with E-state index in [4.69, 9.17) is 0 Å². The van der Waals surface area contributed by atoms with Gasteiger partial charge < -0.3 is 5.32 Å². The summed E-state index contributed by atoms with van der Waals surface area (Å²) in [6.07, 6.45) is 4.27. The number of rotatable bonds is 1. The van der Waals surface area contributed by atoms with Gasteiger partial charge in [-0.3, -0.25) is 0 Å². The minimum Gasteiger partial charge on any atom is -0.314 e. The van der Waals surface area contributed by atoms with E-state index in [0.29, 0.717) is 4.75 Å². The number of nitrogens with one attached hydrogen (secondary N) is 1. The van der Waals surface area contributed by atoms with Crippen LogP contribution in [0.15, 0.2) is 0 Å². The van der Waals surface area contributed by atoms with Gasteiger partial charge in [-0.15, -0.1) is 0 Å². The van der Waals surface area contributed by atoms with Crippen LogP contribution >= 0.6 is 11.8 Å². The van der Waals surface area contributed by atoms with Crippen LogP contribution in [0.5, 0.6) is 0 Å². The summed E-state index contributed by atoms with van der Waals surface area (Å²) in [6.45, 7) is 6.06. The highest BCUT2D eigenvalue weighted by molar-refractivity contribution is 8.00. The van der Waals surface area contributed by atoms with Gasteiger partial charge in [-0.1, -0.05) is 6.92 Å². The van der Waals surface area contributed by atoms with Crippen LogP contribution in [0.2, 0.25) is 0 Å². The molecular weight excluding hydrogens is 166 g/mol. The first-order valence-electron chi connectivity index (χ1n) is 5.10. The van der Waals surface area contributed by atoms with Crippen molar-refractivity contribution in [3.63, 3.8) is 0 Å². The fraction of sp³-hybridized carbons (Fsp3) is 1.00. The number of thioether (sulfide) groups is 1. The Morgan fingerprint density at radius 1 is 1.50 bits per heavy atom. The summed E-state index contributed by atoms with van der Waals surface area (Å²) in [5.41, 5.74) is 0. The van der Waals surface area contributed by atoms with Gasteiger partial charge >= 0.3 is 0 Å². The van der Waals surface area contributed by atoms with E-state index in [2.05, 4.69) is 30.9 Å². The quantitative estimate of drug-likeness (QED) is 0.672. The number of hydrogen-bond donors (Lipinski definition) is 1. The summed E-state index contributed by atoms with van der Waals surface area (Å²) in [5.74, 6) is 2.31. The highest BCUT2D eigenvalue weighted by Crippen LogP contribution is 2.47. The summed E-state index contributed by atoms with van der Waals surface area (Å²) in [6, 6.07) is 0.751. The van der Waals surface area contributed by atoms with E-state index in [1.807, 2.05) is 0 Å². The van der Waals surface area contributed by atoms with Gasteiger partial charge in [-0.05, 0) is 44.4 Å². The molecule has 0 amide bonds. The molecule has 0 aromatic carbocycles. The molecule has 2 rings (SSSR count). The molecule has 0 aromatic heterocycles. The molecule has 0 aromatic rings. The van der Waals surface area contributed by atoms with Crippen LogP contribution in [-0.4, -0.2) is 23.1 Å². The fourth-order valence-electron chi connectivity index (χ4n) is 2.79. The van der Waals surface area contributed by atoms with Gasteiger partial charge in [-0.2, -0.15) is 11.8 Å². The second kappa shape index (κ2) is 3.22. The van der Waals surface area contributed by atoms with Crippen LogP contribution < -0.4 is 5.32 Å². The van der Waals surface area contributed by atoms with Crippen LogP contribution in [0.4, 0.5) is 0 Å². The Hall–Kier alpha value is 0.310. The van der Waals surface area contributed by atoms with Gasteiger partial charge in [0.15, 0.2) is 0 Å². The topological polar surface area (TPSA) is 12.0 Å². The molecule has 0 aliphatic carbocycles. The third kappa shape index (κ3) is 1.39. The molecule has 1 nitrogen and oxygen atoms in total. The van der Waals surface area contributed by atoms with Crippen molar-refractivity contribution >= 4 is 11.8 Å². The molecule has 3 atom stereocenters. The monoisotopic (exact) mass is 185 g/mol. The molecule has 1 N–H and O–H groups in total. The molecule has 2 heterocycles. The van der Waals surface area contributed by atoms with E-state index >= 15 is 0 Å². The molecule has 3 unspecified atom stereocenters. The van der Waals surface area contributed by atoms with Gasteiger partial charge in [-0.25, -0.2) is 0 Å². The largest absolute Gasteiger partial charge is 0.314 e. The zero-order valence-corrected chi connectivity index (χ0v) is 8.91. The maximum absolute atomic E-state index is 3.56. The molecule has 0 radical (unpaired) electrons. The Morgan fingerprint density at radius 2 is 2.33 bits per heavy atom. The molecule has 2 fully saturated rings. The van der Waals surface area contributed by atoms with Crippen LogP contribution in [0.3, 0.4) is 0 Å². The first-order valence-corrected chi connectivity index (χ1v) is 6.08. The highest BCUT2D eigenvalue weighted by atomic mass is 32.2. The highest BCUT2D eigenvalue weighted by Gasteiger charge is 2.42. The Balaban J connectivity index is 2.06. The number of hydrogen-bond acceptors (Lipinski definition) is 2. The third-order valence-electron chi connectivity index (χ3n) is 3.56. The smallest absolute Gasteiger partial charge is 0.0175 e. The Kier molecular flexibility index (Phi) is 2.39. The van der Waals surface area contributed by atoms with Crippen LogP contribution in [0.1, 0.15) is 33.1 Å². The standard InChI is InChI=1S/C10H19NS/c1-8-9(4-6-11-8)10(2)5-3-7-12-10/h8-9,11H,3-7H2,1-2H3. The molecule has 2 aliphatic heterocycles. The normalized spacial score (nSPS) is 48.5. The first-order chi connectivity index (χ1) is 5.72. The lowest BCUT2D eigenvalue weighted by molar-refractivity contribution is 0.361. The Bertz CT molecular complexity index is 163. The van der Waals surface area contributed by atoms with Gasteiger partial charge in [0.25, 0.3) is 0 Å². The molecule has 0 saturated carbocycles. The summed E-state index contributed by atoms with van der Waals surface area (Å²) >= 11 is 2.21. The molecule has 2 saturated heterocycles. The van der Waals surface area contributed by atoms with Crippen molar-refractivity contribution in [2.75, 3.05) is 12.3 Å². The Labute approximate surface area is 79.7 Å². The van der Waals surface area contributed by atoms with Gasteiger partial charge in [0.2, 0.25) is 0 Å². The van der Waals surface area contributed by atoms with Crippen molar-refractivity contribution < 1.29 is 0 Å². The van der Waals surface area contributed by atoms with Gasteiger partial charge in [0, 0.05) is 10.8 Å². The molecule has 70 valence electrons. The molecular formula is C10H19NS. The van der Waals surface area contributed by atoms with Crippen molar-refractivity contribution in [1.29, 1.82) is 0 Å². The second-order valence-corrected chi connectivity index (χ2v) is 6.03. The van der Waals surface area contributed by atoms with Crippen molar-refractivity contribution in [3.05, 3.63) is 0 Å². The van der Waals surface area contributed by atoms with Crippen molar-refractivity contribution in [2.24, 2.45) is 5.92 Å².